The van der Waals surface area contributed by atoms with Crippen molar-refractivity contribution in [1.82, 2.24) is 14.5 Å². The maximum Gasteiger partial charge on any atom is 0.111 e. The number of aryl methyl sites for hydroxylation is 1. The quantitative estimate of drug-likeness (QED) is 0.204. The number of aromatic nitrogens is 3. The molecule has 41 heavy (non-hydrogen) atoms. The molecule has 0 saturated carbocycles. The first-order valence-corrected chi connectivity index (χ1v) is 14.7. The molecule has 1 aliphatic heterocycles. The van der Waals surface area contributed by atoms with Gasteiger partial charge in [0.25, 0.3) is 0 Å². The number of nitrogens with zero attached hydrogens (tertiary/aromatic N) is 3. The number of imidazole rings is 1. The van der Waals surface area contributed by atoms with Crippen LogP contribution in [0.1, 0.15) is 5.82 Å². The van der Waals surface area contributed by atoms with Crippen molar-refractivity contribution in [3.63, 3.8) is 0 Å². The zero-order valence-corrected chi connectivity index (χ0v) is 23.1. The molecule has 8 aromatic rings. The van der Waals surface area contributed by atoms with Gasteiger partial charge >= 0.3 is 0 Å². The fourth-order valence-electron chi connectivity index (χ4n) is 6.68. The highest BCUT2D eigenvalue weighted by atomic mass is 32.2. The Bertz CT molecular complexity index is 2300. The van der Waals surface area contributed by atoms with Crippen molar-refractivity contribution < 1.29 is 0 Å². The maximum atomic E-state index is 4.85. The zero-order chi connectivity index (χ0) is 27.1. The monoisotopic (exact) mass is 541 g/mol. The van der Waals surface area contributed by atoms with Gasteiger partial charge in [-0.2, -0.15) is 0 Å². The van der Waals surface area contributed by atoms with Gasteiger partial charge in [0, 0.05) is 26.9 Å². The normalized spacial score (nSPS) is 12.4. The number of fused-ring (bicyclic) bond motifs is 5. The summed E-state index contributed by atoms with van der Waals surface area (Å²) in [5.74, 6) is 1.02. The molecular weight excluding hydrogens is 518 g/mol. The van der Waals surface area contributed by atoms with Gasteiger partial charge < -0.3 is 0 Å². The maximum absolute atomic E-state index is 4.85. The van der Waals surface area contributed by atoms with Crippen LogP contribution in [-0.4, -0.2) is 14.5 Å². The third kappa shape index (κ3) is 3.22. The van der Waals surface area contributed by atoms with Crippen molar-refractivity contribution in [3.8, 4) is 27.9 Å². The predicted octanol–water partition coefficient (Wildman–Crippen LogP) is 9.99. The van der Waals surface area contributed by atoms with Crippen LogP contribution in [0.5, 0.6) is 0 Å². The van der Waals surface area contributed by atoms with E-state index in [0.717, 1.165) is 22.2 Å². The van der Waals surface area contributed by atoms with Gasteiger partial charge in [-0.15, -0.1) is 0 Å². The molecule has 0 radical (unpaired) electrons. The minimum atomic E-state index is 1.02. The minimum absolute atomic E-state index is 1.02. The van der Waals surface area contributed by atoms with Crippen molar-refractivity contribution >= 4 is 55.2 Å². The van der Waals surface area contributed by atoms with Gasteiger partial charge in [-0.05, 0) is 75.5 Å². The molecule has 0 amide bonds. The summed E-state index contributed by atoms with van der Waals surface area (Å²) in [6.07, 6.45) is 1.89. The van der Waals surface area contributed by atoms with E-state index >= 15 is 0 Å². The molecule has 4 heteroatoms. The summed E-state index contributed by atoms with van der Waals surface area (Å²) in [7, 11) is 0. The van der Waals surface area contributed by atoms with E-state index in [1.165, 1.54) is 64.8 Å². The first-order chi connectivity index (χ1) is 20.3. The fourth-order valence-corrected chi connectivity index (χ4v) is 7.80. The van der Waals surface area contributed by atoms with Crippen LogP contribution in [0.3, 0.4) is 0 Å². The summed E-state index contributed by atoms with van der Waals surface area (Å²) < 4.78 is 2.31. The van der Waals surface area contributed by atoms with Crippen LogP contribution in [0.4, 0.5) is 0 Å². The van der Waals surface area contributed by atoms with Gasteiger partial charge in [0.05, 0.1) is 22.2 Å². The third-order valence-corrected chi connectivity index (χ3v) is 9.45. The second-order valence-corrected chi connectivity index (χ2v) is 11.7. The minimum Gasteiger partial charge on any atom is -0.294 e. The predicted molar refractivity (Wildman–Crippen MR) is 171 cm³/mol. The lowest BCUT2D eigenvalue weighted by Crippen LogP contribution is -2.03. The van der Waals surface area contributed by atoms with Crippen LogP contribution in [0, 0.1) is 6.92 Å². The lowest BCUT2D eigenvalue weighted by molar-refractivity contribution is 0.963. The van der Waals surface area contributed by atoms with Crippen molar-refractivity contribution in [2.75, 3.05) is 0 Å². The largest absolute Gasteiger partial charge is 0.294 e. The average molecular weight is 542 g/mol. The molecule has 0 bridgehead atoms. The van der Waals surface area contributed by atoms with Crippen LogP contribution in [0.25, 0.3) is 71.4 Å². The highest BCUT2D eigenvalue weighted by Gasteiger charge is 2.24. The van der Waals surface area contributed by atoms with Crippen LogP contribution in [-0.2, 0) is 0 Å². The van der Waals surface area contributed by atoms with E-state index < -0.39 is 0 Å². The number of para-hydroxylation sites is 2. The van der Waals surface area contributed by atoms with Crippen molar-refractivity contribution in [2.24, 2.45) is 0 Å². The Labute approximate surface area is 241 Å². The summed E-state index contributed by atoms with van der Waals surface area (Å²) in [6, 6.07) is 41.7. The van der Waals surface area contributed by atoms with E-state index in [2.05, 4.69) is 121 Å². The summed E-state index contributed by atoms with van der Waals surface area (Å²) in [6.45, 7) is 2.10. The van der Waals surface area contributed by atoms with E-state index in [4.69, 9.17) is 9.97 Å². The van der Waals surface area contributed by atoms with Gasteiger partial charge in [0.1, 0.15) is 5.82 Å². The molecule has 192 valence electrons. The zero-order valence-electron chi connectivity index (χ0n) is 22.3. The Kier molecular flexibility index (Phi) is 4.75. The van der Waals surface area contributed by atoms with E-state index in [1.807, 2.05) is 24.0 Å². The van der Waals surface area contributed by atoms with E-state index in [1.54, 1.807) is 0 Å². The number of pyridine rings is 1. The lowest BCUT2D eigenvalue weighted by atomic mass is 9.85. The standard InChI is InChI=1S/C37H23N3S/c1-22-39-30-16-7-17-32-37(30)40(22)31-19-18-24(21-33(31)41-32)34-25-11-2-4-13-27(25)35(28-14-5-3-12-26(28)34)29-15-6-9-23-10-8-20-38-36(23)29/h2-21H,1H3. The SMILES string of the molecule is Cc1nc2cccc3c2n1-c1ccc(-c2c4ccccc4c(-c4cccc5cccnc45)c4ccccc24)cc1S3. The molecule has 6 aromatic carbocycles. The summed E-state index contributed by atoms with van der Waals surface area (Å²) >= 11 is 1.84. The molecule has 1 aliphatic rings. The summed E-state index contributed by atoms with van der Waals surface area (Å²) in [4.78, 5) is 12.2. The fraction of sp³-hybridized carbons (Fsp3) is 0.0270. The van der Waals surface area contributed by atoms with E-state index in [9.17, 15) is 0 Å². The Morgan fingerprint density at radius 1 is 0.634 bits per heavy atom. The topological polar surface area (TPSA) is 30.7 Å². The second-order valence-electron chi connectivity index (χ2n) is 10.6. The molecule has 0 saturated heterocycles. The second kappa shape index (κ2) is 8.53. The molecule has 9 rings (SSSR count). The first-order valence-electron chi connectivity index (χ1n) is 13.8. The Morgan fingerprint density at radius 3 is 2.12 bits per heavy atom. The smallest absolute Gasteiger partial charge is 0.111 e. The van der Waals surface area contributed by atoms with Crippen LogP contribution in [0.2, 0.25) is 0 Å². The molecule has 0 atom stereocenters. The molecule has 3 nitrogen and oxygen atoms in total. The van der Waals surface area contributed by atoms with Crippen molar-refractivity contribution in [3.05, 3.63) is 127 Å². The molecule has 2 aromatic heterocycles. The van der Waals surface area contributed by atoms with Gasteiger partial charge in [-0.3, -0.25) is 9.55 Å². The number of rotatable bonds is 2. The van der Waals surface area contributed by atoms with Gasteiger partial charge in [-0.1, -0.05) is 96.7 Å². The van der Waals surface area contributed by atoms with Crippen LogP contribution < -0.4 is 0 Å². The Balaban J connectivity index is 1.35. The van der Waals surface area contributed by atoms with Crippen molar-refractivity contribution in [1.29, 1.82) is 0 Å². The average Bonchev–Trinajstić information content (AvgIpc) is 3.36. The molecule has 3 heterocycles. The first kappa shape index (κ1) is 22.8. The highest BCUT2D eigenvalue weighted by Crippen LogP contribution is 2.48. The molecular formula is C37H23N3S. The molecule has 0 fully saturated rings. The number of benzene rings is 6. The van der Waals surface area contributed by atoms with Gasteiger partial charge in [0.2, 0.25) is 0 Å². The number of hydrogen-bond acceptors (Lipinski definition) is 3. The summed E-state index contributed by atoms with van der Waals surface area (Å²) in [5, 5.41) is 6.12. The highest BCUT2D eigenvalue weighted by molar-refractivity contribution is 7.99. The lowest BCUT2D eigenvalue weighted by Gasteiger charge is -2.22. The third-order valence-electron chi connectivity index (χ3n) is 8.35. The Morgan fingerprint density at radius 2 is 1.34 bits per heavy atom. The number of hydrogen-bond donors (Lipinski definition) is 0. The van der Waals surface area contributed by atoms with Gasteiger partial charge in [0.15, 0.2) is 0 Å². The van der Waals surface area contributed by atoms with Crippen LogP contribution in [0.15, 0.2) is 131 Å². The van der Waals surface area contributed by atoms with Gasteiger partial charge in [-0.25, -0.2) is 4.98 Å². The summed E-state index contributed by atoms with van der Waals surface area (Å²) in [5.41, 5.74) is 9.38. The molecule has 0 aliphatic carbocycles. The molecule has 0 N–H and O–H groups in total. The van der Waals surface area contributed by atoms with E-state index in [0.29, 0.717) is 0 Å². The van der Waals surface area contributed by atoms with Crippen LogP contribution >= 0.6 is 11.8 Å². The van der Waals surface area contributed by atoms with Crippen molar-refractivity contribution in [2.45, 2.75) is 16.7 Å². The Hall–Kier alpha value is -4.93. The molecule has 0 unspecified atom stereocenters. The molecule has 0 spiro atoms. The van der Waals surface area contributed by atoms with E-state index in [-0.39, 0.29) is 0 Å².